The van der Waals surface area contributed by atoms with Gasteiger partial charge in [0.1, 0.15) is 0 Å². The predicted octanol–water partition coefficient (Wildman–Crippen LogP) is 5.29. The van der Waals surface area contributed by atoms with E-state index in [-0.39, 0.29) is 5.41 Å². The van der Waals surface area contributed by atoms with Gasteiger partial charge < -0.3 is 4.90 Å². The molecular formula is C17H29N. The molecule has 0 radical (unpaired) electrons. The van der Waals surface area contributed by atoms with Crippen molar-refractivity contribution in [1.82, 2.24) is 4.90 Å². The Morgan fingerprint density at radius 3 is 2.06 bits per heavy atom. The van der Waals surface area contributed by atoms with Crippen molar-refractivity contribution in [2.24, 2.45) is 5.41 Å². The summed E-state index contributed by atoms with van der Waals surface area (Å²) in [6.45, 7) is 14.9. The second-order valence-corrected chi connectivity index (χ2v) is 4.76. The molecule has 0 spiro atoms. The van der Waals surface area contributed by atoms with Crippen molar-refractivity contribution in [2.45, 2.75) is 48.5 Å². The van der Waals surface area contributed by atoms with Gasteiger partial charge in [0.25, 0.3) is 0 Å². The Labute approximate surface area is 114 Å². The number of rotatable bonds is 2. The third-order valence-corrected chi connectivity index (χ3v) is 3.35. The van der Waals surface area contributed by atoms with Crippen LogP contribution in [0.2, 0.25) is 0 Å². The molecule has 0 fully saturated rings. The van der Waals surface area contributed by atoms with Crippen molar-refractivity contribution in [1.29, 1.82) is 0 Å². The van der Waals surface area contributed by atoms with E-state index in [1.807, 2.05) is 20.8 Å². The summed E-state index contributed by atoms with van der Waals surface area (Å²) in [7, 11) is 2.14. The quantitative estimate of drug-likeness (QED) is 0.640. The molecule has 1 heterocycles. The maximum Gasteiger partial charge on any atom is 0.0316 e. The highest BCUT2D eigenvalue weighted by Gasteiger charge is 2.37. The van der Waals surface area contributed by atoms with Gasteiger partial charge in [-0.25, -0.2) is 0 Å². The van der Waals surface area contributed by atoms with Gasteiger partial charge in [0, 0.05) is 23.9 Å². The minimum Gasteiger partial charge on any atom is -0.351 e. The van der Waals surface area contributed by atoms with E-state index in [1.165, 1.54) is 17.0 Å². The topological polar surface area (TPSA) is 3.24 Å². The molecule has 0 aromatic carbocycles. The Bertz CT molecular complexity index is 378. The smallest absolute Gasteiger partial charge is 0.0316 e. The molecule has 1 rings (SSSR count). The molecule has 0 bridgehead atoms. The summed E-state index contributed by atoms with van der Waals surface area (Å²) in [4.78, 5) is 2.29. The van der Waals surface area contributed by atoms with E-state index in [1.54, 1.807) is 0 Å². The van der Waals surface area contributed by atoms with E-state index >= 15 is 0 Å². The first-order valence-corrected chi connectivity index (χ1v) is 6.88. The molecule has 0 atom stereocenters. The Kier molecular flexibility index (Phi) is 6.75. The van der Waals surface area contributed by atoms with Gasteiger partial charge in [-0.3, -0.25) is 0 Å². The lowest BCUT2D eigenvalue weighted by atomic mass is 9.82. The highest BCUT2D eigenvalue weighted by atomic mass is 15.2. The van der Waals surface area contributed by atoms with E-state index in [0.29, 0.717) is 0 Å². The molecule has 0 saturated heterocycles. The number of nitrogens with zero attached hydrogens (tertiary/aromatic N) is 1. The van der Waals surface area contributed by atoms with Crippen molar-refractivity contribution in [3.05, 3.63) is 47.3 Å². The lowest BCUT2D eigenvalue weighted by Gasteiger charge is -2.25. The monoisotopic (exact) mass is 247 g/mol. The minimum atomic E-state index is 0.102. The maximum atomic E-state index is 2.29. The van der Waals surface area contributed by atoms with Crippen LogP contribution >= 0.6 is 0 Å². The van der Waals surface area contributed by atoms with E-state index in [9.17, 15) is 0 Å². The summed E-state index contributed by atoms with van der Waals surface area (Å²) < 4.78 is 0. The molecule has 0 unspecified atom stereocenters. The molecule has 1 heteroatoms. The van der Waals surface area contributed by atoms with Crippen LogP contribution in [0.15, 0.2) is 47.3 Å². The van der Waals surface area contributed by atoms with Crippen LogP contribution in [0.3, 0.4) is 0 Å². The van der Waals surface area contributed by atoms with Crippen LogP contribution in [-0.4, -0.2) is 11.9 Å². The van der Waals surface area contributed by atoms with Crippen molar-refractivity contribution >= 4 is 0 Å². The van der Waals surface area contributed by atoms with Crippen molar-refractivity contribution in [2.75, 3.05) is 7.05 Å². The van der Waals surface area contributed by atoms with E-state index in [4.69, 9.17) is 0 Å². The Morgan fingerprint density at radius 2 is 1.61 bits per heavy atom. The third-order valence-electron chi connectivity index (χ3n) is 3.35. The molecule has 1 aliphatic rings. The molecule has 1 aliphatic heterocycles. The van der Waals surface area contributed by atoms with Crippen LogP contribution in [0.25, 0.3) is 0 Å². The summed E-state index contributed by atoms with van der Waals surface area (Å²) >= 11 is 0. The summed E-state index contributed by atoms with van der Waals surface area (Å²) in [5.41, 5.74) is 4.22. The van der Waals surface area contributed by atoms with Crippen molar-refractivity contribution < 1.29 is 0 Å². The zero-order chi connectivity index (χ0) is 14.3. The maximum absolute atomic E-state index is 2.29. The van der Waals surface area contributed by atoms with E-state index in [2.05, 4.69) is 70.0 Å². The largest absolute Gasteiger partial charge is 0.351 e. The highest BCUT2D eigenvalue weighted by Crippen LogP contribution is 2.46. The lowest BCUT2D eigenvalue weighted by molar-refractivity contribution is 0.442. The van der Waals surface area contributed by atoms with Crippen molar-refractivity contribution in [3.63, 3.8) is 0 Å². The van der Waals surface area contributed by atoms with Crippen LogP contribution in [0.1, 0.15) is 48.5 Å². The van der Waals surface area contributed by atoms with Gasteiger partial charge in [-0.05, 0) is 32.4 Å². The normalized spacial score (nSPS) is 21.1. The minimum absolute atomic E-state index is 0.102. The Hall–Kier alpha value is -1.24. The standard InChI is InChI=1S/C15H23N.C2H6/c1-7-9-11-14-15(4,5)13(10-8-2)12(3)16(14)6;1-2/h7-11H,1-6H3;1-2H3/b9-7-,10-8-,14-11-;. The summed E-state index contributed by atoms with van der Waals surface area (Å²) in [6.07, 6.45) is 10.7. The molecule has 0 aliphatic carbocycles. The number of allylic oxidation sites excluding steroid dienone is 7. The lowest BCUT2D eigenvalue weighted by Crippen LogP contribution is -2.19. The first kappa shape index (κ1) is 16.8. The summed E-state index contributed by atoms with van der Waals surface area (Å²) in [5, 5.41) is 0. The van der Waals surface area contributed by atoms with Gasteiger partial charge in [-0.15, -0.1) is 0 Å². The van der Waals surface area contributed by atoms with Gasteiger partial charge in [0.05, 0.1) is 0 Å². The van der Waals surface area contributed by atoms with E-state index < -0.39 is 0 Å². The van der Waals surface area contributed by atoms with E-state index in [0.717, 1.165) is 0 Å². The first-order valence-electron chi connectivity index (χ1n) is 6.88. The van der Waals surface area contributed by atoms with Gasteiger partial charge in [0.15, 0.2) is 0 Å². The molecule has 0 N–H and O–H groups in total. The highest BCUT2D eigenvalue weighted by molar-refractivity contribution is 5.45. The fourth-order valence-electron chi connectivity index (χ4n) is 2.37. The Morgan fingerprint density at radius 1 is 1.06 bits per heavy atom. The SMILES string of the molecule is C/C=C\C=C1/N(C)C(C)=C(/C=C\C)C1(C)C.CC. The average Bonchev–Trinajstić information content (AvgIpc) is 2.51. The van der Waals surface area contributed by atoms with Gasteiger partial charge >= 0.3 is 0 Å². The molecule has 1 nitrogen and oxygen atoms in total. The number of hydrogen-bond acceptors (Lipinski definition) is 1. The second kappa shape index (κ2) is 7.25. The fraction of sp³-hybridized carbons (Fsp3) is 0.529. The molecule has 0 aromatic rings. The molecule has 0 saturated carbocycles. The fourth-order valence-corrected chi connectivity index (χ4v) is 2.37. The van der Waals surface area contributed by atoms with Crippen LogP contribution in [0.5, 0.6) is 0 Å². The molecule has 18 heavy (non-hydrogen) atoms. The molecular weight excluding hydrogens is 218 g/mol. The third kappa shape index (κ3) is 3.16. The van der Waals surface area contributed by atoms with Crippen LogP contribution < -0.4 is 0 Å². The summed E-state index contributed by atoms with van der Waals surface area (Å²) in [5.74, 6) is 0. The second-order valence-electron chi connectivity index (χ2n) is 4.76. The zero-order valence-corrected chi connectivity index (χ0v) is 13.3. The zero-order valence-electron chi connectivity index (χ0n) is 13.3. The van der Waals surface area contributed by atoms with Crippen LogP contribution in [0, 0.1) is 5.41 Å². The van der Waals surface area contributed by atoms with Gasteiger partial charge in [-0.1, -0.05) is 52.0 Å². The average molecular weight is 247 g/mol. The van der Waals surface area contributed by atoms with Crippen LogP contribution in [-0.2, 0) is 0 Å². The van der Waals surface area contributed by atoms with Crippen LogP contribution in [0.4, 0.5) is 0 Å². The summed E-state index contributed by atoms with van der Waals surface area (Å²) in [6, 6.07) is 0. The first-order chi connectivity index (χ1) is 8.46. The van der Waals surface area contributed by atoms with Gasteiger partial charge in [-0.2, -0.15) is 0 Å². The molecule has 102 valence electrons. The Balaban J connectivity index is 0.00000137. The molecule has 0 aromatic heterocycles. The molecule has 0 amide bonds. The van der Waals surface area contributed by atoms with Crippen molar-refractivity contribution in [3.8, 4) is 0 Å². The number of hydrogen-bond donors (Lipinski definition) is 0. The van der Waals surface area contributed by atoms with Gasteiger partial charge in [0.2, 0.25) is 0 Å². The predicted molar refractivity (Wildman–Crippen MR) is 83.3 cm³/mol.